The second kappa shape index (κ2) is 11.2. The third-order valence-electron chi connectivity index (χ3n) is 5.66. The first-order chi connectivity index (χ1) is 18.2. The van der Waals surface area contributed by atoms with Gasteiger partial charge in [-0.1, -0.05) is 41.9 Å². The molecule has 4 rings (SSSR count). The van der Waals surface area contributed by atoms with E-state index in [1.165, 1.54) is 24.3 Å². The number of anilines is 1. The van der Waals surface area contributed by atoms with Crippen LogP contribution in [0.4, 0.5) is 10.5 Å². The number of aryl methyl sites for hydroxylation is 1. The number of hydrogen-bond acceptors (Lipinski definition) is 6. The van der Waals surface area contributed by atoms with E-state index in [2.05, 4.69) is 5.32 Å². The number of ether oxygens (including phenoxy) is 2. The molecule has 1 saturated heterocycles. The maximum absolute atomic E-state index is 13.2. The summed E-state index contributed by atoms with van der Waals surface area (Å²) in [6.07, 6.45) is 1.32. The Balaban J connectivity index is 1.66. The van der Waals surface area contributed by atoms with Crippen molar-refractivity contribution in [3.8, 4) is 11.5 Å². The van der Waals surface area contributed by atoms with Crippen LogP contribution in [0.3, 0.4) is 0 Å². The second-order valence-electron chi connectivity index (χ2n) is 8.30. The summed E-state index contributed by atoms with van der Waals surface area (Å²) in [6, 6.07) is 15.3. The molecule has 0 saturated carbocycles. The summed E-state index contributed by atoms with van der Waals surface area (Å²) in [5, 5.41) is 11.5. The number of carboxylic acid groups (broad SMARTS) is 1. The van der Waals surface area contributed by atoms with Gasteiger partial charge in [0, 0.05) is 0 Å². The van der Waals surface area contributed by atoms with Crippen LogP contribution in [0.25, 0.3) is 6.08 Å². The summed E-state index contributed by atoms with van der Waals surface area (Å²) >= 11 is 6.50. The Morgan fingerprint density at radius 1 is 1.05 bits per heavy atom. The number of carboxylic acids is 1. The molecule has 3 aromatic rings. The lowest BCUT2D eigenvalue weighted by atomic mass is 10.1. The van der Waals surface area contributed by atoms with Crippen LogP contribution in [0.1, 0.15) is 34.0 Å². The standard InChI is InChI=1S/C28H23ClN2O7/c1-3-37-23-14-18(13-21(29)24(23)38-15-17-8-6-9-19(11-17)27(34)35)12-20-25(32)30-28(36)31(26(20)33)22-10-5-4-7-16(22)2/h4-14H,3,15H2,1-2H3,(H,34,35)(H,30,32,36)/b20-12+. The Hall–Kier alpha value is -4.63. The van der Waals surface area contributed by atoms with Crippen LogP contribution in [0.2, 0.25) is 5.02 Å². The highest BCUT2D eigenvalue weighted by molar-refractivity contribution is 6.39. The number of carbonyl (C=O) groups is 4. The van der Waals surface area contributed by atoms with Crippen LogP contribution >= 0.6 is 11.6 Å². The number of para-hydroxylation sites is 1. The summed E-state index contributed by atoms with van der Waals surface area (Å²) in [6.45, 7) is 3.81. The SMILES string of the molecule is CCOc1cc(/C=C2\C(=O)NC(=O)N(c3ccccc3C)C2=O)cc(Cl)c1OCc1cccc(C(=O)O)c1. The Morgan fingerprint density at radius 2 is 1.82 bits per heavy atom. The molecule has 0 unspecified atom stereocenters. The topological polar surface area (TPSA) is 122 Å². The third kappa shape index (κ3) is 5.52. The number of amides is 4. The Kier molecular flexibility index (Phi) is 7.78. The second-order valence-corrected chi connectivity index (χ2v) is 8.71. The molecule has 194 valence electrons. The van der Waals surface area contributed by atoms with Crippen LogP contribution in [0.15, 0.2) is 66.2 Å². The number of imide groups is 2. The number of urea groups is 1. The van der Waals surface area contributed by atoms with Crippen LogP contribution in [-0.4, -0.2) is 35.5 Å². The number of aromatic carboxylic acids is 1. The van der Waals surface area contributed by atoms with Crippen molar-refractivity contribution in [3.63, 3.8) is 0 Å². The highest BCUT2D eigenvalue weighted by Crippen LogP contribution is 2.38. The van der Waals surface area contributed by atoms with E-state index in [-0.39, 0.29) is 40.9 Å². The molecule has 0 spiro atoms. The molecular weight excluding hydrogens is 512 g/mol. The van der Waals surface area contributed by atoms with Gasteiger partial charge in [0.1, 0.15) is 12.2 Å². The molecule has 1 heterocycles. The lowest BCUT2D eigenvalue weighted by Gasteiger charge is -2.27. The average molecular weight is 535 g/mol. The summed E-state index contributed by atoms with van der Waals surface area (Å²) in [5.41, 5.74) is 1.89. The molecular formula is C28H23ClN2O7. The first kappa shape index (κ1) is 26.4. The maximum atomic E-state index is 13.2. The molecule has 1 aliphatic heterocycles. The van der Waals surface area contributed by atoms with Crippen molar-refractivity contribution in [1.29, 1.82) is 0 Å². The van der Waals surface area contributed by atoms with E-state index in [0.717, 1.165) is 4.90 Å². The van der Waals surface area contributed by atoms with Crippen molar-refractivity contribution in [2.45, 2.75) is 20.5 Å². The van der Waals surface area contributed by atoms with Gasteiger partial charge < -0.3 is 14.6 Å². The minimum Gasteiger partial charge on any atom is -0.490 e. The fourth-order valence-corrected chi connectivity index (χ4v) is 4.15. The van der Waals surface area contributed by atoms with Crippen molar-refractivity contribution in [1.82, 2.24) is 5.32 Å². The molecule has 0 bridgehead atoms. The zero-order valence-corrected chi connectivity index (χ0v) is 21.2. The highest BCUT2D eigenvalue weighted by Gasteiger charge is 2.37. The average Bonchev–Trinajstić information content (AvgIpc) is 2.87. The van der Waals surface area contributed by atoms with Gasteiger partial charge in [0.15, 0.2) is 11.5 Å². The first-order valence-corrected chi connectivity index (χ1v) is 12.0. The minimum absolute atomic E-state index is 0.0236. The molecule has 3 aromatic carbocycles. The summed E-state index contributed by atoms with van der Waals surface area (Å²) in [5.74, 6) is -2.19. The van der Waals surface area contributed by atoms with E-state index in [0.29, 0.717) is 22.4 Å². The summed E-state index contributed by atoms with van der Waals surface area (Å²) in [7, 11) is 0. The fraction of sp³-hybridized carbons (Fsp3) is 0.143. The monoisotopic (exact) mass is 534 g/mol. The van der Waals surface area contributed by atoms with Gasteiger partial charge in [-0.15, -0.1) is 0 Å². The zero-order chi connectivity index (χ0) is 27.4. The lowest BCUT2D eigenvalue weighted by molar-refractivity contribution is -0.122. The first-order valence-electron chi connectivity index (χ1n) is 11.6. The predicted molar refractivity (Wildman–Crippen MR) is 141 cm³/mol. The van der Waals surface area contributed by atoms with Gasteiger partial charge in [-0.25, -0.2) is 14.5 Å². The van der Waals surface area contributed by atoms with Crippen LogP contribution < -0.4 is 19.7 Å². The molecule has 38 heavy (non-hydrogen) atoms. The van der Waals surface area contributed by atoms with Gasteiger partial charge in [-0.2, -0.15) is 0 Å². The number of halogens is 1. The molecule has 0 radical (unpaired) electrons. The van der Waals surface area contributed by atoms with Gasteiger partial charge in [-0.05, 0) is 66.9 Å². The molecule has 0 aromatic heterocycles. The van der Waals surface area contributed by atoms with E-state index in [4.69, 9.17) is 21.1 Å². The van der Waals surface area contributed by atoms with Crippen molar-refractivity contribution in [2.75, 3.05) is 11.5 Å². The molecule has 10 heteroatoms. The summed E-state index contributed by atoms with van der Waals surface area (Å²) in [4.78, 5) is 50.5. The molecule has 9 nitrogen and oxygen atoms in total. The Labute approximate surface area is 223 Å². The van der Waals surface area contributed by atoms with E-state index >= 15 is 0 Å². The normalized spacial score (nSPS) is 14.4. The van der Waals surface area contributed by atoms with Gasteiger partial charge in [0.25, 0.3) is 11.8 Å². The van der Waals surface area contributed by atoms with Crippen molar-refractivity contribution in [2.24, 2.45) is 0 Å². The fourth-order valence-electron chi connectivity index (χ4n) is 3.88. The molecule has 1 fully saturated rings. The van der Waals surface area contributed by atoms with Gasteiger partial charge >= 0.3 is 12.0 Å². The molecule has 4 amide bonds. The number of benzene rings is 3. The van der Waals surface area contributed by atoms with Crippen molar-refractivity contribution < 1.29 is 33.8 Å². The van der Waals surface area contributed by atoms with Gasteiger partial charge in [-0.3, -0.25) is 14.9 Å². The molecule has 1 aliphatic rings. The smallest absolute Gasteiger partial charge is 0.335 e. The van der Waals surface area contributed by atoms with Crippen LogP contribution in [0, 0.1) is 6.92 Å². The molecule has 0 aliphatic carbocycles. The Morgan fingerprint density at radius 3 is 2.53 bits per heavy atom. The number of barbiturate groups is 1. The van der Waals surface area contributed by atoms with E-state index in [9.17, 15) is 24.3 Å². The van der Waals surface area contributed by atoms with Crippen LogP contribution in [0.5, 0.6) is 11.5 Å². The molecule has 0 atom stereocenters. The minimum atomic E-state index is -1.05. The zero-order valence-electron chi connectivity index (χ0n) is 20.5. The third-order valence-corrected chi connectivity index (χ3v) is 5.94. The number of rotatable bonds is 8. The molecule has 2 N–H and O–H groups in total. The van der Waals surface area contributed by atoms with E-state index < -0.39 is 23.8 Å². The number of nitrogens with one attached hydrogen (secondary N) is 1. The van der Waals surface area contributed by atoms with Gasteiger partial charge in [0.2, 0.25) is 0 Å². The maximum Gasteiger partial charge on any atom is 0.335 e. The van der Waals surface area contributed by atoms with Crippen LogP contribution in [-0.2, 0) is 16.2 Å². The quantitative estimate of drug-likeness (QED) is 0.308. The highest BCUT2D eigenvalue weighted by atomic mass is 35.5. The van der Waals surface area contributed by atoms with Gasteiger partial charge in [0.05, 0.1) is 22.9 Å². The number of hydrogen-bond donors (Lipinski definition) is 2. The van der Waals surface area contributed by atoms with E-state index in [1.54, 1.807) is 56.3 Å². The summed E-state index contributed by atoms with van der Waals surface area (Å²) < 4.78 is 11.6. The van der Waals surface area contributed by atoms with E-state index in [1.807, 2.05) is 0 Å². The number of nitrogens with zero attached hydrogens (tertiary/aromatic N) is 1. The number of carbonyl (C=O) groups excluding carboxylic acids is 3. The Bertz CT molecular complexity index is 1480. The lowest BCUT2D eigenvalue weighted by Crippen LogP contribution is -2.54. The van der Waals surface area contributed by atoms with Crippen molar-refractivity contribution >= 4 is 47.2 Å². The van der Waals surface area contributed by atoms with Crippen molar-refractivity contribution in [3.05, 3.63) is 93.5 Å². The largest absolute Gasteiger partial charge is 0.490 e. The predicted octanol–water partition coefficient (Wildman–Crippen LogP) is 4.99.